The Kier molecular flexibility index (Phi) is 4.01. The fourth-order valence-corrected chi connectivity index (χ4v) is 2.16. The van der Waals surface area contributed by atoms with E-state index in [1.807, 2.05) is 0 Å². The maximum Gasteiger partial charge on any atom is 0.410 e. The maximum atomic E-state index is 11.7. The van der Waals surface area contributed by atoms with Gasteiger partial charge in [-0.05, 0) is 19.3 Å². The summed E-state index contributed by atoms with van der Waals surface area (Å²) >= 11 is 0. The average Bonchev–Trinajstić information content (AvgIpc) is 2.33. The van der Waals surface area contributed by atoms with Gasteiger partial charge in [-0.3, -0.25) is 0 Å². The van der Waals surface area contributed by atoms with Gasteiger partial charge in [0.15, 0.2) is 0 Å². The van der Waals surface area contributed by atoms with Crippen molar-refractivity contribution in [2.45, 2.75) is 37.9 Å². The number of carbonyl (C=O) groups is 1. The number of hydrogen-bond acceptors (Lipinski definition) is 4. The van der Waals surface area contributed by atoms with Crippen molar-refractivity contribution in [2.75, 3.05) is 26.3 Å². The minimum absolute atomic E-state index is 0.311. The highest BCUT2D eigenvalue weighted by atomic mass is 16.6. The van der Waals surface area contributed by atoms with Crippen LogP contribution in [0.4, 0.5) is 4.79 Å². The van der Waals surface area contributed by atoms with E-state index in [0.29, 0.717) is 26.3 Å². The molecule has 2 aliphatic rings. The van der Waals surface area contributed by atoms with Crippen LogP contribution in [0.3, 0.4) is 0 Å². The monoisotopic (exact) mass is 229 g/mol. The molecule has 0 spiro atoms. The van der Waals surface area contributed by atoms with Gasteiger partial charge in [0.2, 0.25) is 0 Å². The van der Waals surface area contributed by atoms with E-state index in [1.54, 1.807) is 4.90 Å². The molecule has 2 rings (SSSR count). The number of aliphatic hydroxyl groups is 1. The number of carbonyl (C=O) groups excluding carboxylic acids is 1. The molecule has 1 N–H and O–H groups in total. The Bertz CT molecular complexity index is 240. The molecule has 1 aliphatic heterocycles. The fraction of sp³-hybridized carbons (Fsp3) is 0.909. The molecule has 1 heterocycles. The highest BCUT2D eigenvalue weighted by molar-refractivity contribution is 5.68. The van der Waals surface area contributed by atoms with Crippen LogP contribution in [0.15, 0.2) is 0 Å². The van der Waals surface area contributed by atoms with Gasteiger partial charge in [-0.25, -0.2) is 4.79 Å². The molecular formula is C11H19NO4. The summed E-state index contributed by atoms with van der Waals surface area (Å²) < 4.78 is 10.5. The van der Waals surface area contributed by atoms with Crippen LogP contribution >= 0.6 is 0 Å². The van der Waals surface area contributed by atoms with Gasteiger partial charge in [0.1, 0.15) is 6.10 Å². The van der Waals surface area contributed by atoms with E-state index in [0.717, 1.165) is 25.7 Å². The fourth-order valence-electron chi connectivity index (χ4n) is 2.16. The SMILES string of the molecule is O=C(O[C@H]1CCCC[C@@H]1O)N1CCOCC1. The predicted molar refractivity (Wildman–Crippen MR) is 57.1 cm³/mol. The Morgan fingerprint density at radius 2 is 1.94 bits per heavy atom. The minimum atomic E-state index is -0.487. The normalized spacial score (nSPS) is 31.2. The van der Waals surface area contributed by atoms with E-state index >= 15 is 0 Å². The molecule has 1 aliphatic carbocycles. The van der Waals surface area contributed by atoms with Gasteiger partial charge in [0.25, 0.3) is 0 Å². The molecule has 0 aromatic heterocycles. The molecule has 1 saturated carbocycles. The number of aliphatic hydroxyl groups excluding tert-OH is 1. The summed E-state index contributed by atoms with van der Waals surface area (Å²) in [5.74, 6) is 0. The largest absolute Gasteiger partial charge is 0.443 e. The first-order valence-corrected chi connectivity index (χ1v) is 5.99. The Morgan fingerprint density at radius 1 is 1.25 bits per heavy atom. The average molecular weight is 229 g/mol. The zero-order valence-corrected chi connectivity index (χ0v) is 9.43. The summed E-state index contributed by atoms with van der Waals surface area (Å²) in [6.45, 7) is 2.31. The van der Waals surface area contributed by atoms with E-state index in [9.17, 15) is 9.90 Å². The second-order valence-corrected chi connectivity index (χ2v) is 4.37. The van der Waals surface area contributed by atoms with E-state index in [2.05, 4.69) is 0 Å². The number of ether oxygens (including phenoxy) is 2. The molecule has 2 fully saturated rings. The van der Waals surface area contributed by atoms with Gasteiger partial charge in [-0.1, -0.05) is 6.42 Å². The van der Waals surface area contributed by atoms with Crippen LogP contribution in [-0.2, 0) is 9.47 Å². The van der Waals surface area contributed by atoms with Crippen LogP contribution in [0, 0.1) is 0 Å². The Balaban J connectivity index is 1.80. The van der Waals surface area contributed by atoms with Crippen LogP contribution < -0.4 is 0 Å². The van der Waals surface area contributed by atoms with Crippen LogP contribution in [0.5, 0.6) is 0 Å². The molecule has 16 heavy (non-hydrogen) atoms. The molecule has 1 saturated heterocycles. The summed E-state index contributed by atoms with van der Waals surface area (Å²) in [5.41, 5.74) is 0. The molecule has 2 atom stereocenters. The quantitative estimate of drug-likeness (QED) is 0.721. The lowest BCUT2D eigenvalue weighted by atomic mass is 9.95. The smallest absolute Gasteiger partial charge is 0.410 e. The lowest BCUT2D eigenvalue weighted by Gasteiger charge is -2.31. The van der Waals surface area contributed by atoms with E-state index < -0.39 is 6.10 Å². The minimum Gasteiger partial charge on any atom is -0.443 e. The van der Waals surface area contributed by atoms with Crippen molar-refractivity contribution >= 4 is 6.09 Å². The molecule has 92 valence electrons. The maximum absolute atomic E-state index is 11.7. The van der Waals surface area contributed by atoms with E-state index in [4.69, 9.17) is 9.47 Å². The van der Waals surface area contributed by atoms with Gasteiger partial charge in [0, 0.05) is 13.1 Å². The number of morpholine rings is 1. The van der Waals surface area contributed by atoms with Gasteiger partial charge in [-0.15, -0.1) is 0 Å². The molecule has 5 heteroatoms. The van der Waals surface area contributed by atoms with Crippen LogP contribution in [0.2, 0.25) is 0 Å². The van der Waals surface area contributed by atoms with Crippen molar-refractivity contribution in [3.05, 3.63) is 0 Å². The predicted octanol–water partition coefficient (Wildman–Crippen LogP) is 0.759. The molecule has 1 amide bonds. The molecular weight excluding hydrogens is 210 g/mol. The Hall–Kier alpha value is -0.810. The number of hydrogen-bond donors (Lipinski definition) is 1. The highest BCUT2D eigenvalue weighted by Crippen LogP contribution is 2.21. The van der Waals surface area contributed by atoms with E-state index in [-0.39, 0.29) is 12.2 Å². The second kappa shape index (κ2) is 5.50. The first kappa shape index (κ1) is 11.7. The highest BCUT2D eigenvalue weighted by Gasteiger charge is 2.28. The third-order valence-electron chi connectivity index (χ3n) is 3.19. The van der Waals surface area contributed by atoms with Crippen molar-refractivity contribution in [2.24, 2.45) is 0 Å². The first-order valence-electron chi connectivity index (χ1n) is 5.99. The molecule has 0 unspecified atom stereocenters. The molecule has 0 radical (unpaired) electrons. The standard InChI is InChI=1S/C11H19NO4/c13-9-3-1-2-4-10(9)16-11(14)12-5-7-15-8-6-12/h9-10,13H,1-8H2/t9-,10-/m0/s1. The van der Waals surface area contributed by atoms with Gasteiger partial charge in [0.05, 0.1) is 19.3 Å². The number of rotatable bonds is 1. The van der Waals surface area contributed by atoms with Crippen molar-refractivity contribution in [3.8, 4) is 0 Å². The molecule has 5 nitrogen and oxygen atoms in total. The van der Waals surface area contributed by atoms with Crippen LogP contribution in [0.1, 0.15) is 25.7 Å². The molecule has 0 bridgehead atoms. The summed E-state index contributed by atoms with van der Waals surface area (Å²) in [6.07, 6.45) is 2.44. The second-order valence-electron chi connectivity index (χ2n) is 4.37. The zero-order chi connectivity index (χ0) is 11.4. The third kappa shape index (κ3) is 2.86. The van der Waals surface area contributed by atoms with Gasteiger partial charge < -0.3 is 19.5 Å². The number of amides is 1. The van der Waals surface area contributed by atoms with Crippen molar-refractivity contribution in [1.82, 2.24) is 4.90 Å². The van der Waals surface area contributed by atoms with Gasteiger partial charge in [-0.2, -0.15) is 0 Å². The summed E-state index contributed by atoms with van der Waals surface area (Å²) in [6, 6.07) is 0. The third-order valence-corrected chi connectivity index (χ3v) is 3.19. The Labute approximate surface area is 95.3 Å². The van der Waals surface area contributed by atoms with Crippen molar-refractivity contribution in [3.63, 3.8) is 0 Å². The van der Waals surface area contributed by atoms with Crippen molar-refractivity contribution < 1.29 is 19.4 Å². The lowest BCUT2D eigenvalue weighted by Crippen LogP contribution is -2.44. The van der Waals surface area contributed by atoms with Crippen LogP contribution in [-0.4, -0.2) is 54.6 Å². The summed E-state index contributed by atoms with van der Waals surface area (Å²) in [5, 5.41) is 9.70. The summed E-state index contributed by atoms with van der Waals surface area (Å²) in [4.78, 5) is 13.4. The van der Waals surface area contributed by atoms with Crippen molar-refractivity contribution in [1.29, 1.82) is 0 Å². The first-order chi connectivity index (χ1) is 7.77. The Morgan fingerprint density at radius 3 is 2.62 bits per heavy atom. The topological polar surface area (TPSA) is 59.0 Å². The van der Waals surface area contributed by atoms with E-state index in [1.165, 1.54) is 0 Å². The summed E-state index contributed by atoms with van der Waals surface area (Å²) in [7, 11) is 0. The number of nitrogens with zero attached hydrogens (tertiary/aromatic N) is 1. The molecule has 0 aromatic rings. The van der Waals surface area contributed by atoms with Crippen LogP contribution in [0.25, 0.3) is 0 Å². The lowest BCUT2D eigenvalue weighted by molar-refractivity contribution is -0.0431. The van der Waals surface area contributed by atoms with Gasteiger partial charge >= 0.3 is 6.09 Å². The zero-order valence-electron chi connectivity index (χ0n) is 9.43. The molecule has 0 aromatic carbocycles.